The molecule has 1 N–H and O–H groups in total. The summed E-state index contributed by atoms with van der Waals surface area (Å²) in [6.45, 7) is 4.28. The molecule has 0 spiro atoms. The molecule has 0 aromatic heterocycles. The summed E-state index contributed by atoms with van der Waals surface area (Å²) in [6, 6.07) is 10.3. The third kappa shape index (κ3) is 4.12. The van der Waals surface area contributed by atoms with Gasteiger partial charge in [0.2, 0.25) is 5.91 Å². The van der Waals surface area contributed by atoms with Crippen LogP contribution in [0.4, 0.5) is 0 Å². The highest BCUT2D eigenvalue weighted by Gasteiger charge is 2.46. The van der Waals surface area contributed by atoms with Crippen LogP contribution in [0.1, 0.15) is 39.1 Å². The van der Waals surface area contributed by atoms with E-state index >= 15 is 0 Å². The van der Waals surface area contributed by atoms with Crippen molar-refractivity contribution in [2.45, 2.75) is 32.1 Å². The number of rotatable bonds is 5. The fraction of sp³-hybridized carbons (Fsp3) is 0.500. The highest BCUT2D eigenvalue weighted by Crippen LogP contribution is 2.48. The standard InChI is InChI=1S/C22H27N3O2.H2/c1-15-11-20(23-13-15)21(26)24-14-16-7-9-25(10-8-16)22(27)19-12-18(19)17-5-3-2-4-6-17;/h2-6,11,13,15-16,18-19H,7-10,12,14H2,1H3,(H,24,26);1H/t15?,18-,19+;/m0./s1. The van der Waals surface area contributed by atoms with E-state index in [1.165, 1.54) is 5.56 Å². The largest absolute Gasteiger partial charge is 0.350 e. The summed E-state index contributed by atoms with van der Waals surface area (Å²) in [6.07, 6.45) is 6.56. The Morgan fingerprint density at radius 2 is 1.96 bits per heavy atom. The molecule has 4 rings (SSSR count). The fourth-order valence-corrected chi connectivity index (χ4v) is 4.12. The number of carbonyl (C=O) groups is 2. The quantitative estimate of drug-likeness (QED) is 0.870. The molecule has 2 heterocycles. The van der Waals surface area contributed by atoms with Crippen molar-refractivity contribution in [3.05, 3.63) is 47.7 Å². The van der Waals surface area contributed by atoms with Crippen LogP contribution in [-0.4, -0.2) is 42.6 Å². The molecule has 1 aromatic rings. The summed E-state index contributed by atoms with van der Waals surface area (Å²) in [4.78, 5) is 31.0. The number of allylic oxidation sites excluding steroid dienone is 1. The maximum Gasteiger partial charge on any atom is 0.269 e. The van der Waals surface area contributed by atoms with Gasteiger partial charge in [-0.1, -0.05) is 37.3 Å². The van der Waals surface area contributed by atoms with E-state index in [2.05, 4.69) is 22.4 Å². The molecule has 1 aliphatic carbocycles. The lowest BCUT2D eigenvalue weighted by molar-refractivity contribution is -0.134. The van der Waals surface area contributed by atoms with Gasteiger partial charge in [0.15, 0.2) is 0 Å². The lowest BCUT2D eigenvalue weighted by Crippen LogP contribution is -2.42. The summed E-state index contributed by atoms with van der Waals surface area (Å²) in [7, 11) is 0. The predicted octanol–water partition coefficient (Wildman–Crippen LogP) is 3.00. The van der Waals surface area contributed by atoms with Crippen LogP contribution < -0.4 is 5.32 Å². The van der Waals surface area contributed by atoms with Crippen molar-refractivity contribution in [2.75, 3.05) is 19.6 Å². The second-order valence-electron chi connectivity index (χ2n) is 8.03. The number of piperidine rings is 1. The number of hydrogen-bond acceptors (Lipinski definition) is 3. The first-order chi connectivity index (χ1) is 13.1. The summed E-state index contributed by atoms with van der Waals surface area (Å²) in [5.41, 5.74) is 1.81. The molecule has 2 aliphatic heterocycles. The smallest absolute Gasteiger partial charge is 0.269 e. The number of aliphatic imine (C=N–C) groups is 1. The second kappa shape index (κ2) is 7.67. The van der Waals surface area contributed by atoms with Crippen LogP contribution in [0.5, 0.6) is 0 Å². The van der Waals surface area contributed by atoms with Crippen molar-refractivity contribution in [1.82, 2.24) is 10.2 Å². The third-order valence-corrected chi connectivity index (χ3v) is 5.92. The van der Waals surface area contributed by atoms with Gasteiger partial charge in [0, 0.05) is 39.1 Å². The van der Waals surface area contributed by atoms with Crippen LogP contribution in [0.15, 0.2) is 47.1 Å². The van der Waals surface area contributed by atoms with Crippen molar-refractivity contribution in [2.24, 2.45) is 22.7 Å². The molecule has 5 nitrogen and oxygen atoms in total. The maximum absolute atomic E-state index is 12.8. The van der Waals surface area contributed by atoms with Gasteiger partial charge in [-0.15, -0.1) is 0 Å². The van der Waals surface area contributed by atoms with E-state index < -0.39 is 0 Å². The number of amides is 2. The van der Waals surface area contributed by atoms with E-state index in [0.29, 0.717) is 30.0 Å². The summed E-state index contributed by atoms with van der Waals surface area (Å²) in [5.74, 6) is 1.47. The Morgan fingerprint density at radius 1 is 1.22 bits per heavy atom. The van der Waals surface area contributed by atoms with Crippen molar-refractivity contribution >= 4 is 18.0 Å². The Morgan fingerprint density at radius 3 is 2.63 bits per heavy atom. The Balaban J connectivity index is 0.00000225. The number of benzene rings is 1. The zero-order valence-electron chi connectivity index (χ0n) is 15.8. The molecule has 3 atom stereocenters. The van der Waals surface area contributed by atoms with E-state index in [0.717, 1.165) is 32.4 Å². The first-order valence-electron chi connectivity index (χ1n) is 9.99. The number of likely N-dealkylation sites (tertiary alicyclic amines) is 1. The molecule has 1 saturated heterocycles. The lowest BCUT2D eigenvalue weighted by atomic mass is 9.96. The first kappa shape index (κ1) is 18.0. The van der Waals surface area contributed by atoms with Gasteiger partial charge in [-0.05, 0) is 42.7 Å². The molecule has 1 unspecified atom stereocenters. The molecule has 144 valence electrons. The second-order valence-corrected chi connectivity index (χ2v) is 8.03. The Hall–Kier alpha value is -2.43. The van der Waals surface area contributed by atoms with E-state index in [4.69, 9.17) is 0 Å². The van der Waals surface area contributed by atoms with Crippen LogP contribution in [0, 0.1) is 17.8 Å². The Bertz CT molecular complexity index is 769. The van der Waals surface area contributed by atoms with E-state index in [9.17, 15) is 9.59 Å². The third-order valence-electron chi connectivity index (χ3n) is 5.92. The number of nitrogens with zero attached hydrogens (tertiary/aromatic N) is 2. The van der Waals surface area contributed by atoms with E-state index in [1.807, 2.05) is 36.1 Å². The summed E-state index contributed by atoms with van der Waals surface area (Å²) < 4.78 is 0. The van der Waals surface area contributed by atoms with Gasteiger partial charge >= 0.3 is 0 Å². The predicted molar refractivity (Wildman–Crippen MR) is 107 cm³/mol. The number of hydrogen-bond donors (Lipinski definition) is 1. The molecule has 3 aliphatic rings. The summed E-state index contributed by atoms with van der Waals surface area (Å²) in [5, 5.41) is 3.00. The van der Waals surface area contributed by atoms with E-state index in [1.54, 1.807) is 6.21 Å². The van der Waals surface area contributed by atoms with Crippen molar-refractivity contribution in [3.63, 3.8) is 0 Å². The minimum absolute atomic E-state index is 0. The topological polar surface area (TPSA) is 61.8 Å². The van der Waals surface area contributed by atoms with Crippen molar-refractivity contribution in [3.8, 4) is 0 Å². The molecule has 0 radical (unpaired) electrons. The SMILES string of the molecule is CC1C=NC(C(=O)NCC2CCN(C(=O)[C@@H]3C[C@H]3c3ccccc3)CC2)=C1.[HH]. The average Bonchev–Trinajstić information content (AvgIpc) is 3.40. The zero-order valence-corrected chi connectivity index (χ0v) is 15.8. The normalized spacial score (nSPS) is 27.4. The lowest BCUT2D eigenvalue weighted by Gasteiger charge is -2.32. The minimum atomic E-state index is -0.0854. The summed E-state index contributed by atoms with van der Waals surface area (Å²) >= 11 is 0. The Kier molecular flexibility index (Phi) is 5.10. The minimum Gasteiger partial charge on any atom is -0.350 e. The van der Waals surface area contributed by atoms with Crippen LogP contribution in [0.2, 0.25) is 0 Å². The molecule has 1 saturated carbocycles. The molecular weight excluding hydrogens is 338 g/mol. The number of carbonyl (C=O) groups excluding carboxylic acids is 2. The molecule has 0 bridgehead atoms. The molecular formula is C22H29N3O2. The number of nitrogens with one attached hydrogen (secondary N) is 1. The molecule has 27 heavy (non-hydrogen) atoms. The van der Waals surface area contributed by atoms with Gasteiger partial charge in [0.25, 0.3) is 5.91 Å². The highest BCUT2D eigenvalue weighted by atomic mass is 16.2. The van der Waals surface area contributed by atoms with Crippen LogP contribution in [0.25, 0.3) is 0 Å². The van der Waals surface area contributed by atoms with Gasteiger partial charge in [-0.3, -0.25) is 14.6 Å². The molecule has 2 fully saturated rings. The van der Waals surface area contributed by atoms with Gasteiger partial charge < -0.3 is 10.2 Å². The maximum atomic E-state index is 12.8. The molecule has 2 amide bonds. The van der Waals surface area contributed by atoms with E-state index in [-0.39, 0.29) is 19.2 Å². The average molecular weight is 367 g/mol. The van der Waals surface area contributed by atoms with Crippen LogP contribution in [-0.2, 0) is 9.59 Å². The van der Waals surface area contributed by atoms with Crippen molar-refractivity contribution in [1.29, 1.82) is 0 Å². The van der Waals surface area contributed by atoms with Crippen LogP contribution >= 0.6 is 0 Å². The molecule has 5 heteroatoms. The fourth-order valence-electron chi connectivity index (χ4n) is 4.12. The van der Waals surface area contributed by atoms with Gasteiger partial charge in [0.05, 0.1) is 0 Å². The van der Waals surface area contributed by atoms with Crippen LogP contribution in [0.3, 0.4) is 0 Å². The Labute approximate surface area is 162 Å². The molecule has 1 aromatic carbocycles. The highest BCUT2D eigenvalue weighted by molar-refractivity contribution is 5.96. The monoisotopic (exact) mass is 367 g/mol. The zero-order chi connectivity index (χ0) is 18.8. The van der Waals surface area contributed by atoms with Gasteiger partial charge in [0.1, 0.15) is 5.70 Å². The van der Waals surface area contributed by atoms with Crippen molar-refractivity contribution < 1.29 is 11.0 Å². The first-order valence-corrected chi connectivity index (χ1v) is 9.99. The van der Waals surface area contributed by atoms with Gasteiger partial charge in [-0.2, -0.15) is 0 Å². The van der Waals surface area contributed by atoms with Gasteiger partial charge in [-0.25, -0.2) is 0 Å².